The minimum atomic E-state index is -0.766. The number of benzene rings is 2. The van der Waals surface area contributed by atoms with Crippen molar-refractivity contribution < 1.29 is 24.8 Å². The first kappa shape index (κ1) is 26.7. The molecule has 1 aromatic heterocycles. The number of halogens is 2. The lowest BCUT2D eigenvalue weighted by atomic mass is 9.78. The van der Waals surface area contributed by atoms with E-state index in [9.17, 15) is 10.2 Å². The van der Waals surface area contributed by atoms with Gasteiger partial charge in [-0.15, -0.1) is 16.7 Å². The Kier molecular flexibility index (Phi) is 9.55. The lowest BCUT2D eigenvalue weighted by Gasteiger charge is -2.27. The van der Waals surface area contributed by atoms with Gasteiger partial charge < -0.3 is 24.8 Å². The van der Waals surface area contributed by atoms with Crippen molar-refractivity contribution in [2.24, 2.45) is 0 Å². The van der Waals surface area contributed by atoms with Gasteiger partial charge in [-0.05, 0) is 58.0 Å². The van der Waals surface area contributed by atoms with Crippen LogP contribution in [0, 0.1) is 3.57 Å². The Morgan fingerprint density at radius 2 is 1.71 bits per heavy atom. The van der Waals surface area contributed by atoms with E-state index in [4.69, 9.17) is 26.2 Å². The third kappa shape index (κ3) is 7.05. The average molecular weight is 598 g/mol. The second-order valence-electron chi connectivity index (χ2n) is 8.47. The molecule has 10 heteroatoms. The quantitative estimate of drug-likeness (QED) is 0.217. The number of aromatic nitrogens is 3. The number of nitrogens with zero attached hydrogens (tertiary/aromatic N) is 3. The van der Waals surface area contributed by atoms with Crippen molar-refractivity contribution in [3.8, 4) is 11.5 Å². The second-order valence-corrected chi connectivity index (χ2v) is 9.94. The van der Waals surface area contributed by atoms with Gasteiger partial charge in [0, 0.05) is 5.41 Å². The van der Waals surface area contributed by atoms with Crippen molar-refractivity contribution in [2.75, 3.05) is 19.1 Å². The zero-order valence-corrected chi connectivity index (χ0v) is 22.0. The first-order valence-corrected chi connectivity index (χ1v) is 12.4. The molecule has 0 saturated carbocycles. The summed E-state index contributed by atoms with van der Waals surface area (Å²) in [7, 11) is 0. The average Bonchev–Trinajstić information content (AvgIpc) is 3.29. The zero-order valence-electron chi connectivity index (χ0n) is 19.1. The van der Waals surface area contributed by atoms with Crippen LogP contribution in [0.25, 0.3) is 0 Å². The molecule has 2 aromatic carbocycles. The van der Waals surface area contributed by atoms with Crippen LogP contribution < -0.4 is 9.47 Å². The summed E-state index contributed by atoms with van der Waals surface area (Å²) in [4.78, 5) is 0. The van der Waals surface area contributed by atoms with Crippen molar-refractivity contribution in [3.63, 3.8) is 0 Å². The predicted molar refractivity (Wildman–Crippen MR) is 137 cm³/mol. The summed E-state index contributed by atoms with van der Waals surface area (Å²) in [6, 6.07) is 13.8. The first-order chi connectivity index (χ1) is 16.2. The van der Waals surface area contributed by atoms with Crippen LogP contribution in [0.15, 0.2) is 48.7 Å². The monoisotopic (exact) mass is 597 g/mol. The third-order valence-corrected chi connectivity index (χ3v) is 6.63. The lowest BCUT2D eigenvalue weighted by molar-refractivity contribution is 0.0888. The van der Waals surface area contributed by atoms with Crippen molar-refractivity contribution in [1.29, 1.82) is 0 Å². The Balaban J connectivity index is 1.59. The van der Waals surface area contributed by atoms with E-state index in [0.717, 1.165) is 14.7 Å². The Hall–Kier alpha value is -1.92. The molecular weight excluding hydrogens is 569 g/mol. The molecule has 0 fully saturated rings. The highest BCUT2D eigenvalue weighted by molar-refractivity contribution is 14.1. The van der Waals surface area contributed by atoms with Gasteiger partial charge in [0.15, 0.2) is 0 Å². The Bertz CT molecular complexity index is 1060. The van der Waals surface area contributed by atoms with Gasteiger partial charge in [-0.25, -0.2) is 4.68 Å². The van der Waals surface area contributed by atoms with E-state index in [0.29, 0.717) is 17.2 Å². The summed E-state index contributed by atoms with van der Waals surface area (Å²) in [6.45, 7) is 4.59. The Labute approximate surface area is 217 Å². The van der Waals surface area contributed by atoms with Crippen molar-refractivity contribution >= 4 is 34.2 Å². The van der Waals surface area contributed by atoms with Gasteiger partial charge in [0.25, 0.3) is 0 Å². The summed E-state index contributed by atoms with van der Waals surface area (Å²) in [5.41, 5.74) is 2.43. The van der Waals surface area contributed by atoms with Crippen LogP contribution in [0.3, 0.4) is 0 Å². The molecule has 3 aromatic rings. The second kappa shape index (κ2) is 12.2. The van der Waals surface area contributed by atoms with E-state index >= 15 is 0 Å². The fourth-order valence-electron chi connectivity index (χ4n) is 3.33. The highest BCUT2D eigenvalue weighted by Gasteiger charge is 2.24. The summed E-state index contributed by atoms with van der Waals surface area (Å²) in [5, 5.41) is 36.5. The van der Waals surface area contributed by atoms with Gasteiger partial charge in [-0.3, -0.25) is 0 Å². The molecule has 0 aliphatic heterocycles. The van der Waals surface area contributed by atoms with Gasteiger partial charge in [-0.2, -0.15) is 0 Å². The molecule has 1 heterocycles. The van der Waals surface area contributed by atoms with Gasteiger partial charge in [0.1, 0.15) is 42.6 Å². The van der Waals surface area contributed by atoms with E-state index in [-0.39, 0.29) is 37.7 Å². The standard InChI is InChI=1S/C24H29ClIN3O5/c1-24(2,17-5-8-23(22(26)9-17)34-14-19(31)10-25)16-3-6-21(7-4-16)33-15-20(32)12-29-11-18(13-30)27-28-29/h3-9,11,19-20,30-32H,10,12-15H2,1-2H3/t19-,20+/m0/s1/i26-4. The molecule has 0 amide bonds. The minimum absolute atomic E-state index is 0.106. The number of hydrogen-bond acceptors (Lipinski definition) is 7. The molecule has 0 saturated heterocycles. The molecule has 0 aliphatic rings. The van der Waals surface area contributed by atoms with Crippen LogP contribution in [0.2, 0.25) is 0 Å². The van der Waals surface area contributed by atoms with E-state index in [2.05, 4.69) is 52.8 Å². The number of aliphatic hydroxyl groups is 3. The van der Waals surface area contributed by atoms with Crippen LogP contribution in [0.4, 0.5) is 0 Å². The molecule has 0 radical (unpaired) electrons. The van der Waals surface area contributed by atoms with Gasteiger partial charge >= 0.3 is 0 Å². The third-order valence-electron chi connectivity index (χ3n) is 5.43. The fourth-order valence-corrected chi connectivity index (χ4v) is 4.09. The summed E-state index contributed by atoms with van der Waals surface area (Å²) in [5.74, 6) is 1.50. The van der Waals surface area contributed by atoms with Crippen molar-refractivity contribution in [3.05, 3.63) is 69.1 Å². The van der Waals surface area contributed by atoms with E-state index < -0.39 is 12.2 Å². The van der Waals surface area contributed by atoms with Gasteiger partial charge in [0.2, 0.25) is 0 Å². The molecule has 0 bridgehead atoms. The van der Waals surface area contributed by atoms with E-state index in [1.807, 2.05) is 36.4 Å². The van der Waals surface area contributed by atoms with Crippen LogP contribution in [-0.4, -0.2) is 61.6 Å². The molecule has 184 valence electrons. The van der Waals surface area contributed by atoms with Gasteiger partial charge in [-0.1, -0.05) is 37.3 Å². The maximum absolute atomic E-state index is 10.2. The molecule has 3 N–H and O–H groups in total. The van der Waals surface area contributed by atoms with Gasteiger partial charge in [0.05, 0.1) is 28.8 Å². The summed E-state index contributed by atoms with van der Waals surface area (Å²) >= 11 is 7.86. The molecule has 34 heavy (non-hydrogen) atoms. The highest BCUT2D eigenvalue weighted by atomic mass is 123. The maximum Gasteiger partial charge on any atom is 0.132 e. The topological polar surface area (TPSA) is 110 Å². The van der Waals surface area contributed by atoms with Crippen LogP contribution in [-0.2, 0) is 18.6 Å². The summed E-state index contributed by atoms with van der Waals surface area (Å²) < 4.78 is 13.8. The summed E-state index contributed by atoms with van der Waals surface area (Å²) in [6.07, 6.45) is 0.123. The Morgan fingerprint density at radius 1 is 1.03 bits per heavy atom. The largest absolute Gasteiger partial charge is 0.491 e. The Morgan fingerprint density at radius 3 is 2.32 bits per heavy atom. The van der Waals surface area contributed by atoms with Crippen molar-refractivity contribution in [1.82, 2.24) is 15.0 Å². The smallest absolute Gasteiger partial charge is 0.132 e. The minimum Gasteiger partial charge on any atom is -0.491 e. The molecule has 0 spiro atoms. The first-order valence-electron chi connectivity index (χ1n) is 10.8. The zero-order chi connectivity index (χ0) is 24.7. The molecule has 0 unspecified atom stereocenters. The number of hydrogen-bond donors (Lipinski definition) is 3. The normalized spacial score (nSPS) is 13.5. The number of rotatable bonds is 12. The predicted octanol–water partition coefficient (Wildman–Crippen LogP) is 3.12. The SMILES string of the molecule is CC(C)(c1ccc(OC[C@H](O)Cn2cc(CO)nn2)cc1)c1ccc(OC[C@@H](O)CCl)c([123I])c1. The molecule has 2 atom stereocenters. The van der Waals surface area contributed by atoms with Crippen LogP contribution >= 0.6 is 34.2 Å². The molecule has 3 rings (SSSR count). The lowest BCUT2D eigenvalue weighted by Crippen LogP contribution is -2.24. The fraction of sp³-hybridized carbons (Fsp3) is 0.417. The number of alkyl halides is 1. The van der Waals surface area contributed by atoms with E-state index in [1.165, 1.54) is 4.68 Å². The van der Waals surface area contributed by atoms with Crippen molar-refractivity contribution in [2.45, 2.75) is 44.6 Å². The molecule has 0 aliphatic carbocycles. The van der Waals surface area contributed by atoms with Crippen LogP contribution in [0.1, 0.15) is 30.7 Å². The number of ether oxygens (including phenoxy) is 2. The molecule has 8 nitrogen and oxygen atoms in total. The molecular formula is C24H29ClIN3O5. The number of aliphatic hydroxyl groups excluding tert-OH is 3. The van der Waals surface area contributed by atoms with Crippen LogP contribution in [0.5, 0.6) is 11.5 Å². The van der Waals surface area contributed by atoms with E-state index in [1.54, 1.807) is 6.20 Å². The maximum atomic E-state index is 10.2. The highest BCUT2D eigenvalue weighted by Crippen LogP contribution is 2.35.